The molecule has 0 saturated carbocycles. The van der Waals surface area contributed by atoms with Crippen molar-refractivity contribution in [1.29, 1.82) is 0 Å². The Balaban J connectivity index is 2.92. The van der Waals surface area contributed by atoms with Crippen LogP contribution in [0.15, 0.2) is 18.2 Å². The maximum atomic E-state index is 12.0. The van der Waals surface area contributed by atoms with E-state index >= 15 is 0 Å². The molecule has 1 rings (SSSR count). The summed E-state index contributed by atoms with van der Waals surface area (Å²) in [5.41, 5.74) is 0.388. The standard InChI is InChI=1S/C13H15FN2O5/c1-21-12-4-2-3-11(10(12)7-17)16(8-18)6-9(19)5-15-13(14)20/h2-4,7-9,19H,5-6H2,1H3,(H,15,20). The molecule has 0 radical (unpaired) electrons. The van der Waals surface area contributed by atoms with Crippen LogP contribution in [0.5, 0.6) is 5.75 Å². The van der Waals surface area contributed by atoms with E-state index in [0.29, 0.717) is 12.7 Å². The molecular weight excluding hydrogens is 283 g/mol. The number of rotatable bonds is 8. The maximum Gasteiger partial charge on any atom is 0.397 e. The van der Waals surface area contributed by atoms with Gasteiger partial charge in [-0.2, -0.15) is 0 Å². The lowest BCUT2D eigenvalue weighted by atomic mass is 10.1. The van der Waals surface area contributed by atoms with E-state index < -0.39 is 12.3 Å². The van der Waals surface area contributed by atoms with E-state index in [-0.39, 0.29) is 30.1 Å². The monoisotopic (exact) mass is 298 g/mol. The number of aldehydes is 1. The van der Waals surface area contributed by atoms with Crippen LogP contribution in [0, 0.1) is 0 Å². The maximum absolute atomic E-state index is 12.0. The highest BCUT2D eigenvalue weighted by molar-refractivity contribution is 5.93. The summed E-state index contributed by atoms with van der Waals surface area (Å²) in [4.78, 5) is 33.5. The lowest BCUT2D eigenvalue weighted by Crippen LogP contribution is -2.39. The lowest BCUT2D eigenvalue weighted by Gasteiger charge is -2.23. The first kappa shape index (κ1) is 16.6. The van der Waals surface area contributed by atoms with Crippen molar-refractivity contribution in [3.05, 3.63) is 23.8 Å². The van der Waals surface area contributed by atoms with Gasteiger partial charge in [0.1, 0.15) is 5.75 Å². The molecule has 114 valence electrons. The number of methoxy groups -OCH3 is 1. The third-order valence-electron chi connectivity index (χ3n) is 2.70. The molecule has 0 aliphatic heterocycles. The Bertz CT molecular complexity index is 523. The number of aliphatic hydroxyl groups excluding tert-OH is 1. The van der Waals surface area contributed by atoms with Crippen molar-refractivity contribution in [2.45, 2.75) is 6.10 Å². The van der Waals surface area contributed by atoms with Gasteiger partial charge in [0, 0.05) is 6.54 Å². The third kappa shape index (κ3) is 4.53. The van der Waals surface area contributed by atoms with Gasteiger partial charge in [-0.3, -0.25) is 9.59 Å². The molecule has 21 heavy (non-hydrogen) atoms. The van der Waals surface area contributed by atoms with E-state index in [1.54, 1.807) is 17.4 Å². The van der Waals surface area contributed by atoms with Gasteiger partial charge in [0.05, 0.1) is 31.0 Å². The molecule has 0 heterocycles. The average molecular weight is 298 g/mol. The number of nitrogens with one attached hydrogen (secondary N) is 1. The normalized spacial score (nSPS) is 11.4. The van der Waals surface area contributed by atoms with E-state index in [1.165, 1.54) is 13.2 Å². The van der Waals surface area contributed by atoms with Gasteiger partial charge in [-0.1, -0.05) is 6.07 Å². The van der Waals surface area contributed by atoms with Gasteiger partial charge in [-0.25, -0.2) is 4.79 Å². The van der Waals surface area contributed by atoms with Crippen LogP contribution in [-0.4, -0.2) is 50.3 Å². The molecule has 0 fully saturated rings. The number of nitrogens with zero attached hydrogens (tertiary/aromatic N) is 1. The fraction of sp³-hybridized carbons (Fsp3) is 0.308. The van der Waals surface area contributed by atoms with Crippen molar-refractivity contribution in [3.63, 3.8) is 0 Å². The molecule has 0 aromatic heterocycles. The third-order valence-corrected chi connectivity index (χ3v) is 2.70. The Morgan fingerprint density at radius 3 is 2.76 bits per heavy atom. The number of aliphatic hydroxyl groups is 1. The van der Waals surface area contributed by atoms with Crippen LogP contribution >= 0.6 is 0 Å². The van der Waals surface area contributed by atoms with Crippen molar-refractivity contribution in [2.75, 3.05) is 25.1 Å². The highest BCUT2D eigenvalue weighted by Gasteiger charge is 2.17. The van der Waals surface area contributed by atoms with Crippen LogP contribution in [0.3, 0.4) is 0 Å². The second-order valence-corrected chi connectivity index (χ2v) is 4.08. The molecule has 2 amide bonds. The highest BCUT2D eigenvalue weighted by atomic mass is 19.1. The molecule has 7 nitrogen and oxygen atoms in total. The van der Waals surface area contributed by atoms with E-state index in [9.17, 15) is 23.9 Å². The summed E-state index contributed by atoms with van der Waals surface area (Å²) in [5.74, 6) is 0.279. The van der Waals surface area contributed by atoms with Crippen LogP contribution in [0.25, 0.3) is 0 Å². The Kier molecular flexibility index (Phi) is 6.28. The van der Waals surface area contributed by atoms with Gasteiger partial charge in [0.2, 0.25) is 6.41 Å². The number of benzene rings is 1. The minimum atomic E-state index is -1.78. The number of hydrogen-bond acceptors (Lipinski definition) is 5. The number of carbonyl (C=O) groups is 3. The summed E-state index contributed by atoms with van der Waals surface area (Å²) in [7, 11) is 1.38. The first-order valence-corrected chi connectivity index (χ1v) is 5.99. The Morgan fingerprint density at radius 2 is 2.24 bits per heavy atom. The SMILES string of the molecule is COc1cccc(N(C=O)CC(O)CNC(=O)F)c1C=O. The molecule has 0 saturated heterocycles. The minimum Gasteiger partial charge on any atom is -0.496 e. The van der Waals surface area contributed by atoms with Gasteiger partial charge in [-0.05, 0) is 12.1 Å². The van der Waals surface area contributed by atoms with Gasteiger partial charge >= 0.3 is 6.16 Å². The Morgan fingerprint density at radius 1 is 1.52 bits per heavy atom. The topological polar surface area (TPSA) is 95.9 Å². The molecule has 1 unspecified atom stereocenters. The Hall–Kier alpha value is -2.48. The second-order valence-electron chi connectivity index (χ2n) is 4.08. The van der Waals surface area contributed by atoms with Crippen LogP contribution in [-0.2, 0) is 4.79 Å². The van der Waals surface area contributed by atoms with E-state index in [2.05, 4.69) is 0 Å². The summed E-state index contributed by atoms with van der Waals surface area (Å²) >= 11 is 0. The number of carbonyl (C=O) groups excluding carboxylic acids is 3. The van der Waals surface area contributed by atoms with Crippen molar-refractivity contribution in [1.82, 2.24) is 5.32 Å². The fourth-order valence-corrected chi connectivity index (χ4v) is 1.77. The van der Waals surface area contributed by atoms with Gasteiger partial charge in [0.15, 0.2) is 6.29 Å². The van der Waals surface area contributed by atoms with Crippen LogP contribution in [0.2, 0.25) is 0 Å². The zero-order chi connectivity index (χ0) is 15.8. The fourth-order valence-electron chi connectivity index (χ4n) is 1.77. The molecule has 1 atom stereocenters. The van der Waals surface area contributed by atoms with Gasteiger partial charge < -0.3 is 20.1 Å². The first-order chi connectivity index (χ1) is 10.0. The zero-order valence-electron chi connectivity index (χ0n) is 11.3. The predicted octanol–water partition coefficient (Wildman–Crippen LogP) is 0.510. The summed E-state index contributed by atoms with van der Waals surface area (Å²) in [6.45, 7) is -0.585. The van der Waals surface area contributed by atoms with Crippen molar-refractivity contribution in [2.24, 2.45) is 0 Å². The number of anilines is 1. The van der Waals surface area contributed by atoms with Gasteiger partial charge in [0.25, 0.3) is 0 Å². The smallest absolute Gasteiger partial charge is 0.397 e. The summed E-state index contributed by atoms with van der Waals surface area (Å²) in [6, 6.07) is 4.63. The van der Waals surface area contributed by atoms with Gasteiger partial charge in [-0.15, -0.1) is 4.39 Å². The van der Waals surface area contributed by atoms with Crippen molar-refractivity contribution in [3.8, 4) is 5.75 Å². The van der Waals surface area contributed by atoms with Crippen LogP contribution < -0.4 is 15.0 Å². The largest absolute Gasteiger partial charge is 0.496 e. The number of halogens is 1. The Labute approximate surface area is 120 Å². The molecule has 0 aliphatic rings. The molecule has 2 N–H and O–H groups in total. The molecular formula is C13H15FN2O5. The van der Waals surface area contributed by atoms with Crippen LogP contribution in [0.1, 0.15) is 10.4 Å². The number of ether oxygens (including phenoxy) is 1. The lowest BCUT2D eigenvalue weighted by molar-refractivity contribution is -0.107. The number of hydrogen-bond donors (Lipinski definition) is 2. The summed E-state index contributed by atoms with van der Waals surface area (Å²) in [5, 5.41) is 11.4. The van der Waals surface area contributed by atoms with Crippen molar-refractivity contribution >= 4 is 24.5 Å². The quantitative estimate of drug-likeness (QED) is 0.414. The molecule has 0 aliphatic carbocycles. The second kappa shape index (κ2) is 7.95. The van der Waals surface area contributed by atoms with E-state index in [0.717, 1.165) is 4.90 Å². The first-order valence-electron chi connectivity index (χ1n) is 5.99. The molecule has 0 bridgehead atoms. The highest BCUT2D eigenvalue weighted by Crippen LogP contribution is 2.27. The molecule has 1 aromatic rings. The van der Waals surface area contributed by atoms with E-state index in [4.69, 9.17) is 4.74 Å². The van der Waals surface area contributed by atoms with Crippen molar-refractivity contribution < 1.29 is 28.6 Å². The molecule has 0 spiro atoms. The zero-order valence-corrected chi connectivity index (χ0v) is 11.3. The molecule has 1 aromatic carbocycles. The minimum absolute atomic E-state index is 0.147. The average Bonchev–Trinajstić information content (AvgIpc) is 2.49. The molecule has 8 heteroatoms. The van der Waals surface area contributed by atoms with E-state index in [1.807, 2.05) is 0 Å². The van der Waals surface area contributed by atoms with Crippen LogP contribution in [0.4, 0.5) is 14.9 Å². The summed E-state index contributed by atoms with van der Waals surface area (Å²) < 4.78 is 17.0. The predicted molar refractivity (Wildman–Crippen MR) is 72.3 cm³/mol. The summed E-state index contributed by atoms with van der Waals surface area (Å²) in [6.07, 6.45) is -2.02. The number of amides is 2.